The van der Waals surface area contributed by atoms with Crippen LogP contribution in [0.5, 0.6) is 0 Å². The minimum absolute atomic E-state index is 0.127. The van der Waals surface area contributed by atoms with Crippen LogP contribution in [0.1, 0.15) is 46.0 Å². The van der Waals surface area contributed by atoms with E-state index in [1.807, 2.05) is 19.9 Å². The first-order valence-corrected chi connectivity index (χ1v) is 6.71. The molecule has 0 aromatic carbocycles. The summed E-state index contributed by atoms with van der Waals surface area (Å²) in [5, 5.41) is 0. The Morgan fingerprint density at radius 2 is 1.78 bits per heavy atom. The standard InChI is InChI=1S/C14H26O4/c1-4-17-14(18-5-2)12-10-8-6-7-9-11-13(15)16-3/h10,12,14H,4-9,11H2,1-3H3/b12-10-. The fourth-order valence-corrected chi connectivity index (χ4v) is 1.51. The molecule has 0 N–H and O–H groups in total. The summed E-state index contributed by atoms with van der Waals surface area (Å²) in [6.07, 6.45) is 8.29. The summed E-state index contributed by atoms with van der Waals surface area (Å²) in [5.41, 5.74) is 0. The van der Waals surface area contributed by atoms with Crippen molar-refractivity contribution in [3.8, 4) is 0 Å². The molecule has 0 saturated carbocycles. The van der Waals surface area contributed by atoms with Crippen LogP contribution in [0.3, 0.4) is 0 Å². The Balaban J connectivity index is 3.53. The highest BCUT2D eigenvalue weighted by molar-refractivity contribution is 5.68. The van der Waals surface area contributed by atoms with Crippen molar-refractivity contribution < 1.29 is 19.0 Å². The molecule has 4 heteroatoms. The van der Waals surface area contributed by atoms with Gasteiger partial charge in [-0.3, -0.25) is 4.79 Å². The van der Waals surface area contributed by atoms with Crippen LogP contribution in [0, 0.1) is 0 Å². The van der Waals surface area contributed by atoms with Crippen LogP contribution in [0.15, 0.2) is 12.2 Å². The second-order valence-electron chi connectivity index (χ2n) is 3.88. The number of ether oxygens (including phenoxy) is 3. The third kappa shape index (κ3) is 10.3. The van der Waals surface area contributed by atoms with Crippen LogP contribution >= 0.6 is 0 Å². The fraction of sp³-hybridized carbons (Fsp3) is 0.786. The highest BCUT2D eigenvalue weighted by Crippen LogP contribution is 2.06. The van der Waals surface area contributed by atoms with Crippen molar-refractivity contribution >= 4 is 5.97 Å². The number of rotatable bonds is 11. The first kappa shape index (κ1) is 17.1. The van der Waals surface area contributed by atoms with Gasteiger partial charge in [-0.25, -0.2) is 0 Å². The van der Waals surface area contributed by atoms with Crippen LogP contribution in [0.2, 0.25) is 0 Å². The Bertz CT molecular complexity index is 220. The Morgan fingerprint density at radius 3 is 2.33 bits per heavy atom. The number of methoxy groups -OCH3 is 1. The van der Waals surface area contributed by atoms with Gasteiger partial charge in [0.25, 0.3) is 0 Å². The number of hydrogen-bond donors (Lipinski definition) is 0. The molecule has 0 aromatic rings. The maximum Gasteiger partial charge on any atom is 0.305 e. The zero-order valence-corrected chi connectivity index (χ0v) is 11.8. The zero-order chi connectivity index (χ0) is 13.6. The van der Waals surface area contributed by atoms with E-state index in [2.05, 4.69) is 10.8 Å². The lowest BCUT2D eigenvalue weighted by molar-refractivity contribution is -0.140. The van der Waals surface area contributed by atoms with Crippen LogP contribution in [0.4, 0.5) is 0 Å². The highest BCUT2D eigenvalue weighted by atomic mass is 16.7. The molecule has 0 fully saturated rings. The molecule has 0 amide bonds. The van der Waals surface area contributed by atoms with Gasteiger partial charge in [-0.15, -0.1) is 0 Å². The van der Waals surface area contributed by atoms with Crippen molar-refractivity contribution in [1.29, 1.82) is 0 Å². The monoisotopic (exact) mass is 258 g/mol. The molecular formula is C14H26O4. The number of carbonyl (C=O) groups is 1. The molecular weight excluding hydrogens is 232 g/mol. The third-order valence-corrected chi connectivity index (χ3v) is 2.43. The smallest absolute Gasteiger partial charge is 0.305 e. The van der Waals surface area contributed by atoms with Crippen LogP contribution in [-0.2, 0) is 19.0 Å². The maximum absolute atomic E-state index is 10.9. The molecule has 0 atom stereocenters. The Morgan fingerprint density at radius 1 is 1.11 bits per heavy atom. The van der Waals surface area contributed by atoms with E-state index in [-0.39, 0.29) is 12.3 Å². The first-order chi connectivity index (χ1) is 8.74. The Kier molecular flexibility index (Phi) is 12.0. The molecule has 0 heterocycles. The van der Waals surface area contributed by atoms with Gasteiger partial charge in [-0.1, -0.05) is 12.5 Å². The second kappa shape index (κ2) is 12.6. The average molecular weight is 258 g/mol. The Hall–Kier alpha value is -0.870. The number of esters is 1. The van der Waals surface area contributed by atoms with Crippen LogP contribution < -0.4 is 0 Å². The minimum atomic E-state index is -0.227. The van der Waals surface area contributed by atoms with E-state index in [9.17, 15) is 4.79 Å². The molecule has 0 spiro atoms. The normalized spacial score (nSPS) is 11.3. The number of unbranched alkanes of at least 4 members (excludes halogenated alkanes) is 3. The molecule has 0 aliphatic rings. The molecule has 0 aliphatic carbocycles. The fourth-order valence-electron chi connectivity index (χ4n) is 1.51. The van der Waals surface area contributed by atoms with Gasteiger partial charge >= 0.3 is 5.97 Å². The highest BCUT2D eigenvalue weighted by Gasteiger charge is 2.01. The second-order valence-corrected chi connectivity index (χ2v) is 3.88. The van der Waals surface area contributed by atoms with Crippen LogP contribution in [-0.4, -0.2) is 32.6 Å². The number of carbonyl (C=O) groups excluding carboxylic acids is 1. The molecule has 0 radical (unpaired) electrons. The summed E-state index contributed by atoms with van der Waals surface area (Å²) in [4.78, 5) is 10.9. The van der Waals surface area contributed by atoms with Gasteiger partial charge in [0, 0.05) is 19.6 Å². The lowest BCUT2D eigenvalue weighted by Gasteiger charge is -2.12. The summed E-state index contributed by atoms with van der Waals surface area (Å²) in [7, 11) is 1.42. The molecule has 18 heavy (non-hydrogen) atoms. The van der Waals surface area contributed by atoms with E-state index in [1.54, 1.807) is 0 Å². The van der Waals surface area contributed by atoms with Gasteiger partial charge in [-0.2, -0.15) is 0 Å². The largest absolute Gasteiger partial charge is 0.469 e. The summed E-state index contributed by atoms with van der Waals surface area (Å²) < 4.78 is 15.3. The molecule has 0 unspecified atom stereocenters. The van der Waals surface area contributed by atoms with Gasteiger partial charge < -0.3 is 14.2 Å². The molecule has 0 aromatic heterocycles. The lowest BCUT2D eigenvalue weighted by atomic mass is 10.1. The van der Waals surface area contributed by atoms with E-state index in [0.717, 1.165) is 25.7 Å². The molecule has 0 saturated heterocycles. The number of allylic oxidation sites excluding steroid dienone is 1. The number of hydrogen-bond acceptors (Lipinski definition) is 4. The molecule has 0 aliphatic heterocycles. The summed E-state index contributed by atoms with van der Waals surface area (Å²) in [5.74, 6) is -0.127. The van der Waals surface area contributed by atoms with Crippen LogP contribution in [0.25, 0.3) is 0 Å². The summed E-state index contributed by atoms with van der Waals surface area (Å²) >= 11 is 0. The van der Waals surface area contributed by atoms with Crippen molar-refractivity contribution in [1.82, 2.24) is 0 Å². The summed E-state index contributed by atoms with van der Waals surface area (Å²) in [6, 6.07) is 0. The van der Waals surface area contributed by atoms with Crippen molar-refractivity contribution in [2.24, 2.45) is 0 Å². The van der Waals surface area contributed by atoms with Crippen molar-refractivity contribution in [3.05, 3.63) is 12.2 Å². The molecule has 4 nitrogen and oxygen atoms in total. The molecule has 106 valence electrons. The average Bonchev–Trinajstić information content (AvgIpc) is 2.37. The van der Waals surface area contributed by atoms with Crippen molar-refractivity contribution in [2.75, 3.05) is 20.3 Å². The van der Waals surface area contributed by atoms with E-state index >= 15 is 0 Å². The molecule has 0 rings (SSSR count). The quantitative estimate of drug-likeness (QED) is 0.247. The Labute approximate surface area is 110 Å². The van der Waals surface area contributed by atoms with Crippen molar-refractivity contribution in [2.45, 2.75) is 52.2 Å². The van der Waals surface area contributed by atoms with E-state index in [0.29, 0.717) is 19.6 Å². The van der Waals surface area contributed by atoms with Gasteiger partial charge in [0.15, 0.2) is 6.29 Å². The van der Waals surface area contributed by atoms with Gasteiger partial charge in [-0.05, 0) is 39.2 Å². The third-order valence-electron chi connectivity index (χ3n) is 2.43. The first-order valence-electron chi connectivity index (χ1n) is 6.71. The topological polar surface area (TPSA) is 44.8 Å². The lowest BCUT2D eigenvalue weighted by Crippen LogP contribution is -2.14. The zero-order valence-electron chi connectivity index (χ0n) is 11.8. The SMILES string of the molecule is CCOC(/C=C\CCCCCC(=O)OC)OCC. The van der Waals surface area contributed by atoms with Gasteiger partial charge in [0.1, 0.15) is 0 Å². The summed E-state index contributed by atoms with van der Waals surface area (Å²) in [6.45, 7) is 5.20. The van der Waals surface area contributed by atoms with Crippen molar-refractivity contribution in [3.63, 3.8) is 0 Å². The van der Waals surface area contributed by atoms with Gasteiger partial charge in [0.2, 0.25) is 0 Å². The van der Waals surface area contributed by atoms with E-state index < -0.39 is 0 Å². The molecule has 0 bridgehead atoms. The predicted molar refractivity (Wildman–Crippen MR) is 71.3 cm³/mol. The minimum Gasteiger partial charge on any atom is -0.469 e. The maximum atomic E-state index is 10.9. The van der Waals surface area contributed by atoms with Gasteiger partial charge in [0.05, 0.1) is 7.11 Å². The van der Waals surface area contributed by atoms with E-state index in [1.165, 1.54) is 7.11 Å². The predicted octanol–water partition coefficient (Wildman–Crippen LogP) is 3.07. The van der Waals surface area contributed by atoms with E-state index in [4.69, 9.17) is 9.47 Å².